The van der Waals surface area contributed by atoms with Gasteiger partial charge in [0.25, 0.3) is 0 Å². The van der Waals surface area contributed by atoms with Crippen LogP contribution in [0, 0.1) is 0 Å². The zero-order chi connectivity index (χ0) is 17.4. The van der Waals surface area contributed by atoms with E-state index in [1.807, 2.05) is 38.1 Å². The van der Waals surface area contributed by atoms with Crippen molar-refractivity contribution < 1.29 is 9.59 Å². The molecule has 1 heterocycles. The van der Waals surface area contributed by atoms with E-state index < -0.39 is 0 Å². The maximum atomic E-state index is 11.9. The monoisotopic (exact) mass is 459 g/mol. The van der Waals surface area contributed by atoms with Gasteiger partial charge in [-0.05, 0) is 25.5 Å². The molecule has 1 atom stereocenters. The summed E-state index contributed by atoms with van der Waals surface area (Å²) < 4.78 is 0. The third-order valence-electron chi connectivity index (χ3n) is 3.72. The number of halogens is 1. The molecule has 1 aromatic carbocycles. The van der Waals surface area contributed by atoms with Gasteiger partial charge in [-0.25, -0.2) is 4.99 Å². The van der Waals surface area contributed by atoms with Crippen molar-refractivity contribution in [3.05, 3.63) is 29.8 Å². The Morgan fingerprint density at radius 2 is 1.92 bits per heavy atom. The average Bonchev–Trinajstić information content (AvgIpc) is 2.57. The Labute approximate surface area is 165 Å². The maximum Gasteiger partial charge on any atom is 0.241 e. The molecule has 0 aromatic heterocycles. The smallest absolute Gasteiger partial charge is 0.241 e. The van der Waals surface area contributed by atoms with Crippen molar-refractivity contribution in [3.63, 3.8) is 0 Å². The molecule has 0 radical (unpaired) electrons. The molecule has 0 spiro atoms. The molecular formula is C17H26IN5O2. The predicted octanol–water partition coefficient (Wildman–Crippen LogP) is 1.42. The van der Waals surface area contributed by atoms with Gasteiger partial charge in [-0.2, -0.15) is 0 Å². The molecule has 0 fully saturated rings. The normalized spacial score (nSPS) is 16.2. The highest BCUT2D eigenvalue weighted by Crippen LogP contribution is 2.31. The lowest BCUT2D eigenvalue weighted by Crippen LogP contribution is -2.41. The summed E-state index contributed by atoms with van der Waals surface area (Å²) in [7, 11) is 0. The van der Waals surface area contributed by atoms with Gasteiger partial charge in [-0.3, -0.25) is 9.59 Å². The number of guanidine groups is 1. The highest BCUT2D eigenvalue weighted by Gasteiger charge is 2.24. The van der Waals surface area contributed by atoms with E-state index in [-0.39, 0.29) is 48.3 Å². The van der Waals surface area contributed by atoms with Crippen molar-refractivity contribution in [2.24, 2.45) is 4.99 Å². The number of anilines is 1. The minimum Gasteiger partial charge on any atom is -0.357 e. The van der Waals surface area contributed by atoms with Crippen LogP contribution in [0.5, 0.6) is 0 Å². The summed E-state index contributed by atoms with van der Waals surface area (Å²) in [5.41, 5.74) is 1.98. The molecule has 1 aliphatic rings. The van der Waals surface area contributed by atoms with E-state index in [9.17, 15) is 9.59 Å². The SMILES string of the molecule is CCNC(=O)CN=C(NCC)NCC1CC(=O)Nc2ccccc21.I. The van der Waals surface area contributed by atoms with Crippen LogP contribution in [0.15, 0.2) is 29.3 Å². The Balaban J connectivity index is 0.00000312. The second-order valence-electron chi connectivity index (χ2n) is 5.57. The second-order valence-corrected chi connectivity index (χ2v) is 5.57. The number of para-hydroxylation sites is 1. The van der Waals surface area contributed by atoms with Gasteiger partial charge in [0.05, 0.1) is 0 Å². The third kappa shape index (κ3) is 6.52. The van der Waals surface area contributed by atoms with Crippen LogP contribution in [-0.4, -0.2) is 44.0 Å². The summed E-state index contributed by atoms with van der Waals surface area (Å²) in [4.78, 5) is 27.7. The molecule has 8 heteroatoms. The Morgan fingerprint density at radius 3 is 2.64 bits per heavy atom. The first-order valence-corrected chi connectivity index (χ1v) is 8.31. The molecular weight excluding hydrogens is 433 g/mol. The molecule has 1 aliphatic heterocycles. The average molecular weight is 459 g/mol. The molecule has 7 nitrogen and oxygen atoms in total. The summed E-state index contributed by atoms with van der Waals surface area (Å²) in [5, 5.41) is 11.9. The summed E-state index contributed by atoms with van der Waals surface area (Å²) in [6.45, 7) is 5.77. The number of carbonyl (C=O) groups is 2. The van der Waals surface area contributed by atoms with Gasteiger partial charge in [0, 0.05) is 37.7 Å². The van der Waals surface area contributed by atoms with Gasteiger partial charge in [0.1, 0.15) is 6.54 Å². The summed E-state index contributed by atoms with van der Waals surface area (Å²) in [5.74, 6) is 0.553. The van der Waals surface area contributed by atoms with Crippen LogP contribution in [0.4, 0.5) is 5.69 Å². The van der Waals surface area contributed by atoms with E-state index in [1.165, 1.54) is 0 Å². The second kappa shape index (κ2) is 10.9. The highest BCUT2D eigenvalue weighted by molar-refractivity contribution is 14.0. The van der Waals surface area contributed by atoms with E-state index >= 15 is 0 Å². The summed E-state index contributed by atoms with van der Waals surface area (Å²) in [6, 6.07) is 7.82. The van der Waals surface area contributed by atoms with Crippen molar-refractivity contribution in [3.8, 4) is 0 Å². The van der Waals surface area contributed by atoms with E-state index in [0.717, 1.165) is 11.3 Å². The van der Waals surface area contributed by atoms with E-state index in [4.69, 9.17) is 0 Å². The fraction of sp³-hybridized carbons (Fsp3) is 0.471. The number of hydrogen-bond donors (Lipinski definition) is 4. The number of hydrogen-bond acceptors (Lipinski definition) is 3. The fourth-order valence-electron chi connectivity index (χ4n) is 2.65. The first-order valence-electron chi connectivity index (χ1n) is 8.31. The highest BCUT2D eigenvalue weighted by atomic mass is 127. The molecule has 0 bridgehead atoms. The first kappa shape index (κ1) is 21.2. The predicted molar refractivity (Wildman–Crippen MR) is 111 cm³/mol. The molecule has 2 rings (SSSR count). The number of carbonyl (C=O) groups excluding carboxylic acids is 2. The lowest BCUT2D eigenvalue weighted by molar-refractivity contribution is -0.119. The maximum absolute atomic E-state index is 11.9. The molecule has 25 heavy (non-hydrogen) atoms. The van der Waals surface area contributed by atoms with Gasteiger partial charge >= 0.3 is 0 Å². The molecule has 0 aliphatic carbocycles. The lowest BCUT2D eigenvalue weighted by Gasteiger charge is -2.26. The van der Waals surface area contributed by atoms with Crippen LogP contribution in [-0.2, 0) is 9.59 Å². The molecule has 2 amide bonds. The molecule has 0 saturated carbocycles. The minimum atomic E-state index is -0.114. The Hall–Kier alpha value is -1.84. The largest absolute Gasteiger partial charge is 0.357 e. The number of benzene rings is 1. The third-order valence-corrected chi connectivity index (χ3v) is 3.72. The van der Waals surface area contributed by atoms with Gasteiger partial charge in [0.15, 0.2) is 5.96 Å². The van der Waals surface area contributed by atoms with Gasteiger partial charge in [-0.15, -0.1) is 24.0 Å². The summed E-state index contributed by atoms with van der Waals surface area (Å²) >= 11 is 0. The van der Waals surface area contributed by atoms with Crippen LogP contribution >= 0.6 is 24.0 Å². The molecule has 4 N–H and O–H groups in total. The topological polar surface area (TPSA) is 94.6 Å². The Bertz CT molecular complexity index is 621. The molecule has 1 unspecified atom stereocenters. The van der Waals surface area contributed by atoms with Crippen molar-refractivity contribution >= 4 is 47.4 Å². The quantitative estimate of drug-likeness (QED) is 0.294. The molecule has 0 saturated heterocycles. The molecule has 1 aromatic rings. The zero-order valence-electron chi connectivity index (χ0n) is 14.6. The van der Waals surface area contributed by atoms with E-state index in [2.05, 4.69) is 26.3 Å². The standard InChI is InChI=1S/C17H25N5O2.HI/c1-3-18-16(24)11-21-17(19-4-2)20-10-12-9-15(23)22-14-8-6-5-7-13(12)14;/h5-8,12H,3-4,9-11H2,1-2H3,(H,18,24)(H,22,23)(H2,19,20,21);1H. The van der Waals surface area contributed by atoms with Crippen molar-refractivity contribution in [1.29, 1.82) is 0 Å². The first-order chi connectivity index (χ1) is 11.6. The van der Waals surface area contributed by atoms with Crippen LogP contribution in [0.2, 0.25) is 0 Å². The zero-order valence-corrected chi connectivity index (χ0v) is 16.9. The Kier molecular flexibility index (Phi) is 9.25. The fourth-order valence-corrected chi connectivity index (χ4v) is 2.65. The minimum absolute atomic E-state index is 0. The Morgan fingerprint density at radius 1 is 1.20 bits per heavy atom. The van der Waals surface area contributed by atoms with Gasteiger partial charge in [-0.1, -0.05) is 18.2 Å². The van der Waals surface area contributed by atoms with Crippen LogP contribution in [0.3, 0.4) is 0 Å². The lowest BCUT2D eigenvalue weighted by atomic mass is 9.90. The van der Waals surface area contributed by atoms with Crippen LogP contribution in [0.1, 0.15) is 31.7 Å². The van der Waals surface area contributed by atoms with Crippen molar-refractivity contribution in [1.82, 2.24) is 16.0 Å². The summed E-state index contributed by atoms with van der Waals surface area (Å²) in [6.07, 6.45) is 0.430. The number of nitrogens with one attached hydrogen (secondary N) is 4. The van der Waals surface area contributed by atoms with Gasteiger partial charge in [0.2, 0.25) is 11.8 Å². The van der Waals surface area contributed by atoms with Crippen molar-refractivity contribution in [2.75, 3.05) is 31.5 Å². The van der Waals surface area contributed by atoms with Crippen LogP contribution in [0.25, 0.3) is 0 Å². The number of aliphatic imine (C=N–C) groups is 1. The number of amides is 2. The number of rotatable bonds is 6. The van der Waals surface area contributed by atoms with Crippen LogP contribution < -0.4 is 21.3 Å². The van der Waals surface area contributed by atoms with E-state index in [0.29, 0.717) is 32.0 Å². The molecule has 138 valence electrons. The number of fused-ring (bicyclic) bond motifs is 1. The van der Waals surface area contributed by atoms with Gasteiger partial charge < -0.3 is 21.3 Å². The number of nitrogens with zero attached hydrogens (tertiary/aromatic N) is 1. The van der Waals surface area contributed by atoms with E-state index in [1.54, 1.807) is 0 Å². The van der Waals surface area contributed by atoms with Crippen molar-refractivity contribution in [2.45, 2.75) is 26.2 Å². The number of likely N-dealkylation sites (N-methyl/N-ethyl adjacent to an activating group) is 1.